The van der Waals surface area contributed by atoms with Gasteiger partial charge in [0.05, 0.1) is 78.9 Å². The zero-order chi connectivity index (χ0) is 64.5. The highest BCUT2D eigenvalue weighted by Crippen LogP contribution is 2.30. The molecule has 0 saturated carbocycles. The van der Waals surface area contributed by atoms with Crippen LogP contribution < -0.4 is 35.6 Å². The van der Waals surface area contributed by atoms with E-state index >= 15 is 8.78 Å². The third-order valence-electron chi connectivity index (χ3n) is 7.13. The Bertz CT molecular complexity index is 3120. The Labute approximate surface area is 410 Å². The highest BCUT2D eigenvalue weighted by molar-refractivity contribution is 7.59. The van der Waals surface area contributed by atoms with Crippen molar-refractivity contribution in [2.24, 2.45) is 0 Å². The number of hydrogen-bond donors (Lipinski definition) is 3. The number of cyclic esters (lactones) is 2. The lowest BCUT2D eigenvalue weighted by atomic mass is 10.2. The Kier molecular flexibility index (Phi) is 9.28. The molecular weight excluding hydrogens is 858 g/mol. The fourth-order valence-corrected chi connectivity index (χ4v) is 4.57. The molecule has 4 saturated heterocycles. The van der Waals surface area contributed by atoms with Gasteiger partial charge in [-0.1, -0.05) is 30.3 Å². The third kappa shape index (κ3) is 13.7. The number of piperazine rings is 2. The van der Waals surface area contributed by atoms with Crippen molar-refractivity contribution in [3.63, 3.8) is 0 Å². The van der Waals surface area contributed by atoms with E-state index in [1.165, 1.54) is 12.1 Å². The largest absolute Gasteiger partial charge is 0.445 e. The second-order valence-electron chi connectivity index (χ2n) is 11.3. The molecule has 334 valence electrons. The predicted molar refractivity (Wildman–Crippen MR) is 239 cm³/mol. The summed E-state index contributed by atoms with van der Waals surface area (Å²) in [4.78, 5) is 60.4. The molecule has 3 aromatic carbocycles. The number of nitrogens with one attached hydrogen (secondary N) is 3. The van der Waals surface area contributed by atoms with Gasteiger partial charge in [-0.05, 0) is 42.0 Å². The Balaban J connectivity index is 0.000000452. The van der Waals surface area contributed by atoms with E-state index in [1.54, 1.807) is 34.1 Å². The van der Waals surface area contributed by atoms with Crippen LogP contribution in [-0.4, -0.2) is 125 Å². The molecule has 0 unspecified atom stereocenters. The van der Waals surface area contributed by atoms with Gasteiger partial charge >= 0.3 is 18.3 Å². The van der Waals surface area contributed by atoms with Gasteiger partial charge in [-0.25, -0.2) is 23.2 Å². The Morgan fingerprint density at radius 1 is 0.770 bits per heavy atom. The van der Waals surface area contributed by atoms with Gasteiger partial charge in [0, 0.05) is 71.3 Å². The summed E-state index contributed by atoms with van der Waals surface area (Å²) in [6.45, 7) is -40.4. The molecule has 21 heteroatoms. The van der Waals surface area contributed by atoms with Crippen molar-refractivity contribution < 1.29 is 82.6 Å². The first-order valence-electron chi connectivity index (χ1n) is 29.3. The first kappa shape index (κ1) is 23.9. The summed E-state index contributed by atoms with van der Waals surface area (Å²) in [6, 6.07) is 11.3. The number of carbonyl (C=O) groups excluding carboxylic acids is 5. The molecule has 16 nitrogen and oxygen atoms in total. The summed E-state index contributed by atoms with van der Waals surface area (Å²) in [5.41, 5.74) is -3.18. The molecule has 61 heavy (non-hydrogen) atoms. The molecule has 0 spiro atoms. The Hall–Kier alpha value is -5.18. The Morgan fingerprint density at radius 2 is 1.23 bits per heavy atom. The number of halogens is 3. The lowest BCUT2D eigenvalue weighted by Crippen LogP contribution is -2.49. The lowest BCUT2D eigenvalue weighted by molar-refractivity contribution is -0.120. The van der Waals surface area contributed by atoms with E-state index in [0.717, 1.165) is 19.9 Å². The van der Waals surface area contributed by atoms with Gasteiger partial charge in [-0.3, -0.25) is 19.4 Å². The number of ether oxygens (including phenoxy) is 3. The summed E-state index contributed by atoms with van der Waals surface area (Å²) in [5.74, 6) is -5.26. The zero-order valence-corrected chi connectivity index (χ0v) is 34.0. The van der Waals surface area contributed by atoms with Crippen LogP contribution in [0, 0.1) is 11.6 Å². The molecule has 4 aliphatic rings. The van der Waals surface area contributed by atoms with Crippen LogP contribution in [0.1, 0.15) is 55.1 Å². The van der Waals surface area contributed by atoms with Crippen molar-refractivity contribution in [2.75, 3.05) is 97.6 Å². The van der Waals surface area contributed by atoms with E-state index in [1.807, 2.05) is 0 Å². The normalized spacial score (nSPS) is 35.7. The monoisotopic (exact) mass is 936 g/mol. The first-order chi connectivity index (χ1) is 37.7. The minimum absolute atomic E-state index is 0. The van der Waals surface area contributed by atoms with Crippen LogP contribution in [0.3, 0.4) is 0 Å². The van der Waals surface area contributed by atoms with Crippen molar-refractivity contribution >= 4 is 92.2 Å². The summed E-state index contributed by atoms with van der Waals surface area (Å²) in [7, 11) is 0. The number of hydrogen-bond acceptors (Lipinski definition) is 11. The molecule has 0 aliphatic carbocycles. The van der Waals surface area contributed by atoms with Gasteiger partial charge in [0.1, 0.15) is 30.4 Å². The smallest absolute Gasteiger partial charge is 0.414 e. The number of amides is 5. The summed E-state index contributed by atoms with van der Waals surface area (Å²) in [5, 5.41) is 4.92. The Morgan fingerprint density at radius 3 is 1.67 bits per heavy atom. The molecule has 0 bridgehead atoms. The van der Waals surface area contributed by atoms with Crippen molar-refractivity contribution in [1.29, 1.82) is 0 Å². The molecule has 4 aliphatic heterocycles. The van der Waals surface area contributed by atoms with E-state index in [-0.39, 0.29) is 59.0 Å². The molecule has 5 amide bonds. The van der Waals surface area contributed by atoms with E-state index < -0.39 is 166 Å². The molecule has 2 atom stereocenters. The van der Waals surface area contributed by atoms with Gasteiger partial charge in [-0.2, -0.15) is 27.0 Å². The molecule has 0 radical (unpaired) electrons. The zero-order valence-electron chi connectivity index (χ0n) is 57.2. The van der Waals surface area contributed by atoms with Crippen molar-refractivity contribution in [3.05, 3.63) is 83.9 Å². The number of benzene rings is 3. The van der Waals surface area contributed by atoms with Gasteiger partial charge in [0.2, 0.25) is 11.8 Å². The molecular formula is C40H53ClF2N8O8S2. The van der Waals surface area contributed by atoms with Crippen molar-refractivity contribution in [2.45, 2.75) is 32.6 Å². The van der Waals surface area contributed by atoms with Crippen LogP contribution in [0.15, 0.2) is 66.7 Å². The van der Waals surface area contributed by atoms with Crippen LogP contribution in [0.5, 0.6) is 0 Å². The average molecular weight is 938 g/mol. The number of nitrogens with zero attached hydrogens (tertiary/aromatic N) is 5. The van der Waals surface area contributed by atoms with E-state index in [4.69, 9.17) is 40.4 Å². The topological polar surface area (TPSA) is 165 Å². The SMILES string of the molecule is Cl.S.S.[2H]C1([2H])N(C(=O)OCc2ccccc2)C([2H])([2H])C([2H])([2H])N(c2ccc(N3C(=O)O[C@@]([2H])(C([2H])([2H])NC(C)=O)C3([2H])[2H])cc2F)C1([2H])[2H].[2H]C1([2H])NC([2H])([2H])C([2H])([2H])N(c2ccc(N3C(=O)O[C@@]([2H])(C([2H])([2H])NC(C)=O)C3([2H])[2H])cc2F)C1([2H])[2H]. The third-order valence-corrected chi connectivity index (χ3v) is 7.13. The summed E-state index contributed by atoms with van der Waals surface area (Å²) in [6.07, 6.45) is -12.0. The molecule has 3 N–H and O–H groups in total. The summed E-state index contributed by atoms with van der Waals surface area (Å²) < 4.78 is 258. The number of rotatable bonds is 10. The second-order valence-corrected chi connectivity index (χ2v) is 11.3. The van der Waals surface area contributed by atoms with Crippen LogP contribution in [0.25, 0.3) is 0 Å². The lowest BCUT2D eigenvalue weighted by Gasteiger charge is -2.35. The fourth-order valence-electron chi connectivity index (χ4n) is 4.57. The fraction of sp³-hybridized carbons (Fsp3) is 0.425. The van der Waals surface area contributed by atoms with Crippen molar-refractivity contribution in [3.8, 4) is 0 Å². The van der Waals surface area contributed by atoms with E-state index in [2.05, 4.69) is 9.47 Å². The van der Waals surface area contributed by atoms with Gasteiger partial charge in [-0.15, -0.1) is 12.4 Å². The van der Waals surface area contributed by atoms with Gasteiger partial charge in [0.25, 0.3) is 0 Å². The first-order valence-corrected chi connectivity index (χ1v) is 16.3. The van der Waals surface area contributed by atoms with E-state index in [0.29, 0.717) is 35.9 Å². The maximum Gasteiger partial charge on any atom is 0.414 e. The van der Waals surface area contributed by atoms with Crippen LogP contribution >= 0.6 is 39.4 Å². The maximum atomic E-state index is 15.8. The molecule has 7 rings (SSSR count). The predicted octanol–water partition coefficient (Wildman–Crippen LogP) is 4.09. The van der Waals surface area contributed by atoms with Gasteiger partial charge < -0.3 is 44.9 Å². The molecule has 4 heterocycles. The minimum Gasteiger partial charge on any atom is -0.445 e. The summed E-state index contributed by atoms with van der Waals surface area (Å²) >= 11 is 0. The van der Waals surface area contributed by atoms with Crippen LogP contribution in [0.2, 0.25) is 0 Å². The van der Waals surface area contributed by atoms with E-state index in [9.17, 15) is 24.0 Å². The average Bonchev–Trinajstić information content (AvgIpc) is 1.38. The van der Waals surface area contributed by atoms with Crippen molar-refractivity contribution in [1.82, 2.24) is 20.9 Å². The molecule has 0 aromatic heterocycles. The van der Waals surface area contributed by atoms with Crippen LogP contribution in [-0.2, 0) is 30.4 Å². The number of anilines is 4. The maximum absolute atomic E-state index is 15.8. The standard InChI is InChI=1S/C24H27FN4O5.C16H21FN4O3.ClH.2H2S/c1-17(30)26-14-20-15-29(24(32)34-20)19-7-8-22(21(25)13-19)27-9-11-28(12-10-27)23(31)33-16-18-5-3-2-4-6-18;1-11(22)19-9-13-10-21(16(23)24-13)12-2-3-15(14(17)8-12)20-6-4-18-5-7-20;;;/h2-8,13,20H,9-12,14-16H2,1H3,(H,26,30);2-3,8,13,18H,4-7,9-10H2,1H3,(H,19,22);1H;2*1H2/t20-;13-;;;/m00.../s1/i9D2,10D2,11D2,12D2,14D2,15D2,20D;4D2,5D2,6D2,7D2,9D2,10D2,13D;;;. The quantitative estimate of drug-likeness (QED) is 0.251. The minimum atomic E-state index is -3.74. The second kappa shape index (κ2) is 23.7. The molecule has 4 fully saturated rings. The van der Waals surface area contributed by atoms with Gasteiger partial charge in [0.15, 0.2) is 0 Å². The van der Waals surface area contributed by atoms with Crippen LogP contribution in [0.4, 0.5) is 45.9 Å². The molecule has 3 aromatic rings. The highest BCUT2D eigenvalue weighted by atomic mass is 35.5. The highest BCUT2D eigenvalue weighted by Gasteiger charge is 2.34. The number of carbonyl (C=O) groups is 5.